The van der Waals surface area contributed by atoms with Gasteiger partial charge in [0.15, 0.2) is 0 Å². The van der Waals surface area contributed by atoms with Gasteiger partial charge in [-0.2, -0.15) is 0 Å². The second kappa shape index (κ2) is 6.16. The van der Waals surface area contributed by atoms with E-state index >= 15 is 0 Å². The van der Waals surface area contributed by atoms with E-state index in [1.54, 1.807) is 0 Å². The first-order chi connectivity index (χ1) is 7.24. The fourth-order valence-electron chi connectivity index (χ4n) is 1.29. The molecule has 0 aromatic heterocycles. The van der Waals surface area contributed by atoms with Crippen molar-refractivity contribution in [3.05, 3.63) is 35.9 Å². The molecule has 1 rings (SSSR count). The van der Waals surface area contributed by atoms with E-state index in [2.05, 4.69) is 0 Å². The number of aliphatic hydroxyl groups is 1. The molecule has 2 N–H and O–H groups in total. The number of carbonyl (C=O) groups is 1. The van der Waals surface area contributed by atoms with Crippen LogP contribution in [-0.4, -0.2) is 29.4 Å². The van der Waals surface area contributed by atoms with Gasteiger partial charge in [-0.15, -0.1) is 0 Å². The van der Waals surface area contributed by atoms with Crippen molar-refractivity contribution in [2.45, 2.75) is 12.5 Å². The monoisotopic (exact) mass is 210 g/mol. The van der Waals surface area contributed by atoms with Gasteiger partial charge in [0.1, 0.15) is 0 Å². The highest BCUT2D eigenvalue weighted by Gasteiger charge is 2.15. The lowest BCUT2D eigenvalue weighted by atomic mass is 10.1. The van der Waals surface area contributed by atoms with E-state index in [4.69, 9.17) is 14.9 Å². The summed E-state index contributed by atoms with van der Waals surface area (Å²) in [6.45, 7) is 0.0375. The van der Waals surface area contributed by atoms with Gasteiger partial charge in [-0.1, -0.05) is 30.3 Å². The maximum absolute atomic E-state index is 10.6. The molecule has 1 atom stereocenters. The molecule has 0 aliphatic rings. The molecular weight excluding hydrogens is 196 g/mol. The van der Waals surface area contributed by atoms with Crippen LogP contribution in [0.15, 0.2) is 30.3 Å². The lowest BCUT2D eigenvalue weighted by molar-refractivity contribution is -0.140. The third-order valence-electron chi connectivity index (χ3n) is 1.94. The number of aliphatic hydroxyl groups excluding tert-OH is 1. The van der Waals surface area contributed by atoms with Crippen LogP contribution in [0.2, 0.25) is 0 Å². The predicted octanol–water partition coefficient (Wildman–Crippen LogP) is 1.21. The summed E-state index contributed by atoms with van der Waals surface area (Å²) in [5.41, 5.74) is 0.813. The molecule has 0 radical (unpaired) electrons. The Morgan fingerprint density at radius 2 is 2.00 bits per heavy atom. The predicted molar refractivity (Wildman–Crippen MR) is 54.5 cm³/mol. The molecule has 1 unspecified atom stereocenters. The van der Waals surface area contributed by atoms with Crippen molar-refractivity contribution in [3.8, 4) is 0 Å². The van der Waals surface area contributed by atoms with Crippen molar-refractivity contribution in [1.82, 2.24) is 0 Å². The van der Waals surface area contributed by atoms with Crippen molar-refractivity contribution in [2.75, 3.05) is 13.2 Å². The SMILES string of the molecule is O=C(O)CC(OCCO)c1ccccc1. The van der Waals surface area contributed by atoms with E-state index in [9.17, 15) is 4.79 Å². The van der Waals surface area contributed by atoms with Gasteiger partial charge in [0.2, 0.25) is 0 Å². The smallest absolute Gasteiger partial charge is 0.306 e. The summed E-state index contributed by atoms with van der Waals surface area (Å²) in [5, 5.41) is 17.3. The van der Waals surface area contributed by atoms with E-state index in [0.717, 1.165) is 5.56 Å². The number of hydrogen-bond donors (Lipinski definition) is 2. The summed E-state index contributed by atoms with van der Waals surface area (Å²) in [5.74, 6) is -0.915. The van der Waals surface area contributed by atoms with Gasteiger partial charge in [-0.3, -0.25) is 4.79 Å². The van der Waals surface area contributed by atoms with Crippen LogP contribution in [0.3, 0.4) is 0 Å². The van der Waals surface area contributed by atoms with Crippen molar-refractivity contribution in [2.24, 2.45) is 0 Å². The lowest BCUT2D eigenvalue weighted by Crippen LogP contribution is -2.12. The van der Waals surface area contributed by atoms with Crippen LogP contribution < -0.4 is 0 Å². The molecule has 0 heterocycles. The molecule has 0 bridgehead atoms. The first kappa shape index (κ1) is 11.7. The third kappa shape index (κ3) is 4.10. The summed E-state index contributed by atoms with van der Waals surface area (Å²) >= 11 is 0. The molecule has 0 fully saturated rings. The van der Waals surface area contributed by atoms with Crippen molar-refractivity contribution < 1.29 is 19.7 Å². The Hall–Kier alpha value is -1.39. The molecule has 0 aliphatic heterocycles. The maximum atomic E-state index is 10.6. The largest absolute Gasteiger partial charge is 0.481 e. The summed E-state index contributed by atoms with van der Waals surface area (Å²) in [4.78, 5) is 10.6. The maximum Gasteiger partial charge on any atom is 0.306 e. The Kier molecular flexibility index (Phi) is 4.80. The zero-order valence-corrected chi connectivity index (χ0v) is 8.30. The van der Waals surface area contributed by atoms with Crippen LogP contribution in [0.25, 0.3) is 0 Å². The molecule has 4 heteroatoms. The fraction of sp³-hybridized carbons (Fsp3) is 0.364. The van der Waals surface area contributed by atoms with Gasteiger partial charge in [0.25, 0.3) is 0 Å². The number of carboxylic acids is 1. The summed E-state index contributed by atoms with van der Waals surface area (Å²) in [6, 6.07) is 9.13. The summed E-state index contributed by atoms with van der Waals surface area (Å²) in [7, 11) is 0. The molecular formula is C11H14O4. The molecule has 4 nitrogen and oxygen atoms in total. The average Bonchev–Trinajstić information content (AvgIpc) is 2.25. The second-order valence-corrected chi connectivity index (χ2v) is 3.09. The Bertz CT molecular complexity index is 297. The van der Waals surface area contributed by atoms with Gasteiger partial charge in [0.05, 0.1) is 25.7 Å². The quantitative estimate of drug-likeness (QED) is 0.740. The fourth-order valence-corrected chi connectivity index (χ4v) is 1.29. The summed E-state index contributed by atoms with van der Waals surface area (Å²) in [6.07, 6.45) is -0.583. The number of hydrogen-bond acceptors (Lipinski definition) is 3. The minimum absolute atomic E-state index is 0.0932. The van der Waals surface area contributed by atoms with E-state index in [-0.39, 0.29) is 19.6 Å². The van der Waals surface area contributed by atoms with Crippen LogP contribution in [0.1, 0.15) is 18.1 Å². The molecule has 15 heavy (non-hydrogen) atoms. The highest BCUT2D eigenvalue weighted by atomic mass is 16.5. The lowest BCUT2D eigenvalue weighted by Gasteiger charge is -2.15. The molecule has 0 saturated carbocycles. The van der Waals surface area contributed by atoms with Crippen LogP contribution in [-0.2, 0) is 9.53 Å². The number of ether oxygens (including phenoxy) is 1. The van der Waals surface area contributed by atoms with Crippen molar-refractivity contribution >= 4 is 5.97 Å². The minimum atomic E-state index is -0.915. The first-order valence-corrected chi connectivity index (χ1v) is 4.73. The highest BCUT2D eigenvalue weighted by Crippen LogP contribution is 2.20. The highest BCUT2D eigenvalue weighted by molar-refractivity contribution is 5.67. The van der Waals surface area contributed by atoms with E-state index < -0.39 is 12.1 Å². The van der Waals surface area contributed by atoms with E-state index in [1.807, 2.05) is 30.3 Å². The minimum Gasteiger partial charge on any atom is -0.481 e. The topological polar surface area (TPSA) is 66.8 Å². The molecule has 0 spiro atoms. The van der Waals surface area contributed by atoms with Gasteiger partial charge in [0, 0.05) is 0 Å². The van der Waals surface area contributed by atoms with Crippen molar-refractivity contribution in [3.63, 3.8) is 0 Å². The Morgan fingerprint density at radius 3 is 2.53 bits per heavy atom. The molecule has 82 valence electrons. The van der Waals surface area contributed by atoms with Crippen LogP contribution in [0, 0.1) is 0 Å². The molecule has 1 aromatic rings. The van der Waals surface area contributed by atoms with Gasteiger partial charge in [-0.25, -0.2) is 0 Å². The zero-order valence-electron chi connectivity index (χ0n) is 8.30. The number of benzene rings is 1. The zero-order chi connectivity index (χ0) is 11.1. The number of rotatable bonds is 6. The molecule has 1 aromatic carbocycles. The Morgan fingerprint density at radius 1 is 1.33 bits per heavy atom. The van der Waals surface area contributed by atoms with E-state index in [0.29, 0.717) is 0 Å². The van der Waals surface area contributed by atoms with E-state index in [1.165, 1.54) is 0 Å². The Balaban J connectivity index is 2.67. The van der Waals surface area contributed by atoms with Crippen molar-refractivity contribution in [1.29, 1.82) is 0 Å². The average molecular weight is 210 g/mol. The Labute approximate surface area is 88.1 Å². The van der Waals surface area contributed by atoms with Gasteiger partial charge in [-0.05, 0) is 5.56 Å². The molecule has 0 aliphatic carbocycles. The molecule has 0 saturated heterocycles. The van der Waals surface area contributed by atoms with Crippen LogP contribution in [0.5, 0.6) is 0 Å². The summed E-state index contributed by atoms with van der Waals surface area (Å²) < 4.78 is 5.26. The third-order valence-corrected chi connectivity index (χ3v) is 1.94. The van der Waals surface area contributed by atoms with Gasteiger partial charge < -0.3 is 14.9 Å². The van der Waals surface area contributed by atoms with Crippen LogP contribution >= 0.6 is 0 Å². The number of carboxylic acid groups (broad SMARTS) is 1. The normalized spacial score (nSPS) is 12.3. The second-order valence-electron chi connectivity index (χ2n) is 3.09. The standard InChI is InChI=1S/C11H14O4/c12-6-7-15-10(8-11(13)14)9-4-2-1-3-5-9/h1-5,10,12H,6-8H2,(H,13,14). The van der Waals surface area contributed by atoms with Gasteiger partial charge >= 0.3 is 5.97 Å². The number of aliphatic carboxylic acids is 1. The molecule has 0 amide bonds. The first-order valence-electron chi connectivity index (χ1n) is 4.73. The van der Waals surface area contributed by atoms with Crippen LogP contribution in [0.4, 0.5) is 0 Å².